The molecule has 1 aromatic carbocycles. The number of fused-ring (bicyclic) bond motifs is 1. The van der Waals surface area contributed by atoms with Crippen LogP contribution in [0.1, 0.15) is 5.82 Å². The van der Waals surface area contributed by atoms with Crippen LogP contribution in [-0.4, -0.2) is 41.5 Å². The van der Waals surface area contributed by atoms with E-state index in [1.165, 1.54) is 19.4 Å². The first-order valence-electron chi connectivity index (χ1n) is 7.44. The van der Waals surface area contributed by atoms with Gasteiger partial charge in [-0.25, -0.2) is 17.9 Å². The summed E-state index contributed by atoms with van der Waals surface area (Å²) in [5.74, 6) is 0.107. The summed E-state index contributed by atoms with van der Waals surface area (Å²) >= 11 is 6.05. The SMILES string of the molecule is COc1nc(C)nc(NC(=O)NS(=O)(=O)c2c(Cl)ccc3cccnc23)n1. The molecule has 12 heteroatoms. The maximum Gasteiger partial charge on any atom is 0.335 e. The lowest BCUT2D eigenvalue weighted by molar-refractivity contribution is 0.256. The van der Waals surface area contributed by atoms with Gasteiger partial charge in [0.25, 0.3) is 10.0 Å². The minimum absolute atomic E-state index is 0.0260. The van der Waals surface area contributed by atoms with E-state index in [9.17, 15) is 13.2 Å². The van der Waals surface area contributed by atoms with E-state index in [0.717, 1.165) is 0 Å². The van der Waals surface area contributed by atoms with Gasteiger partial charge in [0.1, 0.15) is 10.7 Å². The number of benzene rings is 1. The van der Waals surface area contributed by atoms with Crippen LogP contribution in [0.5, 0.6) is 6.01 Å². The summed E-state index contributed by atoms with van der Waals surface area (Å²) in [6.45, 7) is 1.56. The van der Waals surface area contributed by atoms with Gasteiger partial charge < -0.3 is 4.74 Å². The molecule has 2 aromatic heterocycles. The molecule has 0 aliphatic carbocycles. The molecule has 3 aromatic rings. The van der Waals surface area contributed by atoms with Gasteiger partial charge in [0.05, 0.1) is 17.6 Å². The van der Waals surface area contributed by atoms with Gasteiger partial charge in [-0.3, -0.25) is 10.3 Å². The van der Waals surface area contributed by atoms with Crippen molar-refractivity contribution in [2.24, 2.45) is 0 Å². The van der Waals surface area contributed by atoms with E-state index in [0.29, 0.717) is 5.39 Å². The molecular weight excluding hydrogens is 396 g/mol. The number of pyridine rings is 1. The number of nitrogens with zero attached hydrogens (tertiary/aromatic N) is 4. The average molecular weight is 409 g/mol. The van der Waals surface area contributed by atoms with Crippen LogP contribution in [0.25, 0.3) is 10.9 Å². The van der Waals surface area contributed by atoms with E-state index in [4.69, 9.17) is 16.3 Å². The van der Waals surface area contributed by atoms with Crippen LogP contribution in [0, 0.1) is 6.92 Å². The maximum atomic E-state index is 12.7. The number of ether oxygens (including phenoxy) is 1. The number of rotatable bonds is 4. The molecule has 0 aliphatic rings. The number of carbonyl (C=O) groups excluding carboxylic acids is 1. The lowest BCUT2D eigenvalue weighted by Gasteiger charge is -2.11. The predicted molar refractivity (Wildman–Crippen MR) is 97.2 cm³/mol. The van der Waals surface area contributed by atoms with Gasteiger partial charge in [-0.05, 0) is 19.1 Å². The van der Waals surface area contributed by atoms with Crippen LogP contribution in [0.4, 0.5) is 10.7 Å². The van der Waals surface area contributed by atoms with Crippen LogP contribution in [0.3, 0.4) is 0 Å². The van der Waals surface area contributed by atoms with Crippen molar-refractivity contribution in [2.75, 3.05) is 12.4 Å². The molecule has 140 valence electrons. The molecule has 2 heterocycles. The Labute approximate surface area is 159 Å². The Bertz CT molecular complexity index is 1140. The van der Waals surface area contributed by atoms with Crippen LogP contribution in [0.15, 0.2) is 35.4 Å². The van der Waals surface area contributed by atoms with Gasteiger partial charge in [-0.15, -0.1) is 0 Å². The third kappa shape index (κ3) is 4.04. The van der Waals surface area contributed by atoms with Crippen molar-refractivity contribution < 1.29 is 17.9 Å². The summed E-state index contributed by atoms with van der Waals surface area (Å²) < 4.78 is 32.1. The Kier molecular flexibility index (Phi) is 5.06. The fourth-order valence-electron chi connectivity index (χ4n) is 2.25. The molecule has 3 rings (SSSR count). The molecule has 2 N–H and O–H groups in total. The predicted octanol–water partition coefficient (Wildman–Crippen LogP) is 1.90. The number of hydrogen-bond acceptors (Lipinski definition) is 8. The normalized spacial score (nSPS) is 11.2. The molecule has 0 atom stereocenters. The highest BCUT2D eigenvalue weighted by atomic mass is 35.5. The third-order valence-corrected chi connectivity index (χ3v) is 5.14. The van der Waals surface area contributed by atoms with Gasteiger partial charge >= 0.3 is 12.0 Å². The molecule has 27 heavy (non-hydrogen) atoms. The van der Waals surface area contributed by atoms with Crippen molar-refractivity contribution in [3.05, 3.63) is 41.3 Å². The molecule has 0 radical (unpaired) electrons. The number of amides is 2. The summed E-state index contributed by atoms with van der Waals surface area (Å²) in [5.41, 5.74) is 0.142. The number of halogens is 1. The second-order valence-electron chi connectivity index (χ2n) is 5.20. The smallest absolute Gasteiger partial charge is 0.335 e. The van der Waals surface area contributed by atoms with Crippen LogP contribution in [-0.2, 0) is 10.0 Å². The summed E-state index contributed by atoms with van der Waals surface area (Å²) in [6, 6.07) is 5.27. The first kappa shape index (κ1) is 18.7. The molecular formula is C15H13ClN6O4S. The van der Waals surface area contributed by atoms with E-state index in [1.54, 1.807) is 25.1 Å². The van der Waals surface area contributed by atoms with Gasteiger partial charge in [-0.1, -0.05) is 23.7 Å². The molecule has 0 spiro atoms. The lowest BCUT2D eigenvalue weighted by atomic mass is 10.2. The van der Waals surface area contributed by atoms with Crippen molar-refractivity contribution in [2.45, 2.75) is 11.8 Å². The Hall–Kier alpha value is -3.05. The highest BCUT2D eigenvalue weighted by molar-refractivity contribution is 7.90. The van der Waals surface area contributed by atoms with Gasteiger partial charge in [0, 0.05) is 11.6 Å². The van der Waals surface area contributed by atoms with Crippen molar-refractivity contribution in [1.29, 1.82) is 0 Å². The zero-order valence-corrected chi connectivity index (χ0v) is 15.7. The number of anilines is 1. The molecule has 0 unspecified atom stereocenters. The summed E-state index contributed by atoms with van der Waals surface area (Å²) in [5, 5.41) is 2.70. The van der Waals surface area contributed by atoms with Crippen molar-refractivity contribution in [1.82, 2.24) is 24.7 Å². The first-order valence-corrected chi connectivity index (χ1v) is 9.30. The maximum absolute atomic E-state index is 12.7. The molecule has 10 nitrogen and oxygen atoms in total. The van der Waals surface area contributed by atoms with Gasteiger partial charge in [-0.2, -0.15) is 15.0 Å². The topological polar surface area (TPSA) is 136 Å². The Morgan fingerprint density at radius 2 is 1.96 bits per heavy atom. The zero-order chi connectivity index (χ0) is 19.6. The highest BCUT2D eigenvalue weighted by Gasteiger charge is 2.25. The number of hydrogen-bond donors (Lipinski definition) is 2. The standard InChI is InChI=1S/C15H13ClN6O4S/c1-8-18-13(21-15(19-8)26-2)20-14(23)22-27(24,25)12-10(16)6-5-9-4-3-7-17-11(9)12/h3-7H,1-2H3,(H2,18,19,20,21,22,23). The number of aromatic nitrogens is 4. The minimum atomic E-state index is -4.32. The average Bonchev–Trinajstić information content (AvgIpc) is 2.60. The Morgan fingerprint density at radius 1 is 1.19 bits per heavy atom. The van der Waals surface area contributed by atoms with Crippen molar-refractivity contribution in [3.63, 3.8) is 0 Å². The molecule has 0 saturated heterocycles. The highest BCUT2D eigenvalue weighted by Crippen LogP contribution is 2.28. The van der Waals surface area contributed by atoms with Crippen molar-refractivity contribution >= 4 is 44.5 Å². The third-order valence-electron chi connectivity index (χ3n) is 3.31. The fraction of sp³-hybridized carbons (Fsp3) is 0.133. The van der Waals surface area contributed by atoms with Crippen LogP contribution < -0.4 is 14.8 Å². The molecule has 0 aliphatic heterocycles. The monoisotopic (exact) mass is 408 g/mol. The Balaban J connectivity index is 1.90. The number of urea groups is 1. The number of carbonyl (C=O) groups is 1. The second-order valence-corrected chi connectivity index (χ2v) is 7.23. The van der Waals surface area contributed by atoms with Crippen LogP contribution >= 0.6 is 11.6 Å². The second kappa shape index (κ2) is 7.29. The molecule has 0 bridgehead atoms. The number of aryl methyl sites for hydroxylation is 1. The lowest BCUT2D eigenvalue weighted by Crippen LogP contribution is -2.35. The van der Waals surface area contributed by atoms with Gasteiger partial charge in [0.15, 0.2) is 0 Å². The van der Waals surface area contributed by atoms with Crippen LogP contribution in [0.2, 0.25) is 5.02 Å². The quantitative estimate of drug-likeness (QED) is 0.667. The summed E-state index contributed by atoms with van der Waals surface area (Å²) in [4.78, 5) is 27.5. The summed E-state index contributed by atoms with van der Waals surface area (Å²) in [7, 11) is -2.98. The first-order chi connectivity index (χ1) is 12.8. The van der Waals surface area contributed by atoms with Crippen molar-refractivity contribution in [3.8, 4) is 6.01 Å². The zero-order valence-electron chi connectivity index (χ0n) is 14.1. The number of nitrogens with one attached hydrogen (secondary N) is 2. The molecule has 0 fully saturated rings. The van der Waals surface area contributed by atoms with E-state index in [1.807, 2.05) is 4.72 Å². The number of methoxy groups -OCH3 is 1. The summed E-state index contributed by atoms with van der Waals surface area (Å²) in [6.07, 6.45) is 1.43. The fourth-order valence-corrected chi connectivity index (χ4v) is 3.86. The van der Waals surface area contributed by atoms with E-state index in [2.05, 4.69) is 25.3 Å². The van der Waals surface area contributed by atoms with E-state index < -0.39 is 16.1 Å². The van der Waals surface area contributed by atoms with Gasteiger partial charge in [0.2, 0.25) is 5.95 Å². The van der Waals surface area contributed by atoms with E-state index in [-0.39, 0.29) is 33.2 Å². The molecule has 2 amide bonds. The largest absolute Gasteiger partial charge is 0.467 e. The van der Waals surface area contributed by atoms with E-state index >= 15 is 0 Å². The number of sulfonamides is 1. The minimum Gasteiger partial charge on any atom is -0.467 e. The molecule has 0 saturated carbocycles. The Morgan fingerprint density at radius 3 is 2.70 bits per heavy atom.